The number of aromatic hydroxyl groups is 1. The van der Waals surface area contributed by atoms with E-state index in [4.69, 9.17) is 43.7 Å². The lowest BCUT2D eigenvalue weighted by molar-refractivity contribution is 0.0998. The molecule has 3 heterocycles. The maximum atomic E-state index is 12.0. The zero-order valence-electron chi connectivity index (χ0n) is 18.7. The van der Waals surface area contributed by atoms with Gasteiger partial charge in [-0.1, -0.05) is 17.7 Å². The number of amides is 1. The average molecular weight is 524 g/mol. The number of rotatable bonds is 1. The van der Waals surface area contributed by atoms with Gasteiger partial charge >= 0.3 is 5.91 Å². The molecule has 14 heteroatoms. The maximum Gasteiger partial charge on any atom is 0.302 e. The number of nitrogen functional groups attached to an aromatic ring is 2. The number of aryl methyl sites for hydroxylation is 1. The molecule has 0 saturated heterocycles. The number of allylic oxidation sites excluding steroid dienone is 1. The van der Waals surface area contributed by atoms with Gasteiger partial charge in [0.1, 0.15) is 34.8 Å². The van der Waals surface area contributed by atoms with Crippen LogP contribution < -0.4 is 33.1 Å². The second-order valence-corrected chi connectivity index (χ2v) is 7.67. The van der Waals surface area contributed by atoms with Crippen LogP contribution in [-0.2, 0) is 6.42 Å². The Morgan fingerprint density at radius 3 is 2.51 bits per heavy atom. The molecule has 2 aromatic heterocycles. The number of hydrogen-bond donors (Lipinski definition) is 5. The lowest BCUT2D eigenvalue weighted by Gasteiger charge is -2.11. The number of phenols is 1. The molecule has 0 aliphatic carbocycles. The molecule has 3 aromatic rings. The Morgan fingerprint density at radius 1 is 1.17 bits per heavy atom. The molecule has 0 fully saturated rings. The minimum Gasteiger partial charge on any atom is -0.507 e. The highest BCUT2D eigenvalue weighted by Gasteiger charge is 2.19. The number of benzene rings is 1. The van der Waals surface area contributed by atoms with Crippen LogP contribution in [0.25, 0.3) is 11.0 Å². The number of ether oxygens (including phenoxy) is 1. The Bertz CT molecular complexity index is 1420. The van der Waals surface area contributed by atoms with Crippen molar-refractivity contribution in [2.45, 2.75) is 20.3 Å². The number of halogens is 2. The van der Waals surface area contributed by atoms with Crippen molar-refractivity contribution in [2.24, 2.45) is 16.5 Å². The van der Waals surface area contributed by atoms with Gasteiger partial charge in [-0.3, -0.25) is 9.59 Å². The number of nitrogens with two attached hydrogens (primary N) is 4. The molecule has 186 valence electrons. The van der Waals surface area contributed by atoms with Crippen molar-refractivity contribution in [3.05, 3.63) is 56.2 Å². The van der Waals surface area contributed by atoms with Gasteiger partial charge in [-0.15, -0.1) is 12.4 Å². The third kappa shape index (κ3) is 6.11. The molecule has 4 rings (SSSR count). The lowest BCUT2D eigenvalue weighted by Crippen LogP contribution is -2.24. The van der Waals surface area contributed by atoms with Gasteiger partial charge in [0.25, 0.3) is 0 Å². The van der Waals surface area contributed by atoms with Gasteiger partial charge in [0.05, 0.1) is 0 Å². The van der Waals surface area contributed by atoms with Crippen LogP contribution in [-0.4, -0.2) is 33.5 Å². The summed E-state index contributed by atoms with van der Waals surface area (Å²) in [7, 11) is 0. The highest BCUT2D eigenvalue weighted by atomic mass is 35.5. The second-order valence-electron chi connectivity index (χ2n) is 7.31. The normalized spacial score (nSPS) is 12.0. The molecular formula is C21H23Cl2N7O5. The largest absolute Gasteiger partial charge is 0.507 e. The Hall–Kier alpha value is -4.03. The van der Waals surface area contributed by atoms with Crippen LogP contribution >= 0.6 is 24.0 Å². The Labute approximate surface area is 210 Å². The summed E-state index contributed by atoms with van der Waals surface area (Å²) < 4.78 is 11.1. The summed E-state index contributed by atoms with van der Waals surface area (Å²) in [5.74, 6) is -0.447. The summed E-state index contributed by atoms with van der Waals surface area (Å²) in [5, 5.41) is 10.4. The molecule has 0 unspecified atom stereocenters. The van der Waals surface area contributed by atoms with Gasteiger partial charge in [0.15, 0.2) is 33.9 Å². The number of nitrogens with zero attached hydrogens (tertiary/aromatic N) is 3. The summed E-state index contributed by atoms with van der Waals surface area (Å²) >= 11 is 5.55. The van der Waals surface area contributed by atoms with E-state index in [1.165, 1.54) is 6.07 Å². The van der Waals surface area contributed by atoms with Crippen molar-refractivity contribution in [1.82, 2.24) is 9.97 Å². The molecule has 12 nitrogen and oxygen atoms in total. The van der Waals surface area contributed by atoms with Crippen molar-refractivity contribution in [1.29, 1.82) is 0 Å². The predicted molar refractivity (Wildman–Crippen MR) is 135 cm³/mol. The molecule has 1 aliphatic rings. The molecule has 1 aromatic carbocycles. The first-order chi connectivity index (χ1) is 16.0. The van der Waals surface area contributed by atoms with Crippen molar-refractivity contribution < 1.29 is 19.1 Å². The Balaban J connectivity index is 0.000000247. The molecule has 0 bridgehead atoms. The van der Waals surface area contributed by atoms with Crippen LogP contribution in [0.1, 0.15) is 28.7 Å². The summed E-state index contributed by atoms with van der Waals surface area (Å²) in [6.45, 7) is 4.15. The van der Waals surface area contributed by atoms with E-state index in [-0.39, 0.29) is 51.5 Å². The molecule has 35 heavy (non-hydrogen) atoms. The van der Waals surface area contributed by atoms with Gasteiger partial charge in [-0.2, -0.15) is 4.99 Å². The van der Waals surface area contributed by atoms with E-state index < -0.39 is 11.9 Å². The number of carbonyl (C=O) groups excluding carboxylic acids is 1. The topological polar surface area (TPSA) is 219 Å². The summed E-state index contributed by atoms with van der Waals surface area (Å²) in [5.41, 5.74) is 22.3. The van der Waals surface area contributed by atoms with Crippen LogP contribution in [0.3, 0.4) is 0 Å². The first-order valence-corrected chi connectivity index (χ1v) is 10.2. The smallest absolute Gasteiger partial charge is 0.302 e. The van der Waals surface area contributed by atoms with E-state index in [1.807, 2.05) is 13.0 Å². The Morgan fingerprint density at radius 2 is 1.86 bits per heavy atom. The number of carbonyl (C=O) groups is 1. The molecule has 0 radical (unpaired) electrons. The molecule has 1 aliphatic heterocycles. The first kappa shape index (κ1) is 27.2. The van der Waals surface area contributed by atoms with Gasteiger partial charge in [0.2, 0.25) is 0 Å². The third-order valence-corrected chi connectivity index (χ3v) is 4.91. The average Bonchev–Trinajstić information content (AvgIpc) is 2.92. The summed E-state index contributed by atoms with van der Waals surface area (Å²) in [6, 6.07) is 3.07. The fourth-order valence-corrected chi connectivity index (χ4v) is 3.19. The molecule has 9 N–H and O–H groups in total. The van der Waals surface area contributed by atoms with Gasteiger partial charge < -0.3 is 37.2 Å². The summed E-state index contributed by atoms with van der Waals surface area (Å²) in [4.78, 5) is 33.7. The quantitative estimate of drug-likeness (QED) is 0.176. The van der Waals surface area contributed by atoms with Crippen molar-refractivity contribution in [3.8, 4) is 11.5 Å². The van der Waals surface area contributed by atoms with Gasteiger partial charge in [0, 0.05) is 17.7 Å². The highest BCUT2D eigenvalue weighted by Crippen LogP contribution is 2.37. The number of guanidine groups is 1. The van der Waals surface area contributed by atoms with E-state index in [9.17, 15) is 14.7 Å². The number of fused-ring (bicyclic) bond motifs is 2. The van der Waals surface area contributed by atoms with Gasteiger partial charge in [-0.25, -0.2) is 9.97 Å². The SMILES string of the molecule is CC1=CCc2c(cc3oc(C)cc(=O)c3c2O)OC1.Cl.NC(N)=NC(=O)c1nc(Cl)c(N)nc1N. The number of aliphatic imine (C=N–C) groups is 1. The molecular weight excluding hydrogens is 501 g/mol. The lowest BCUT2D eigenvalue weighted by atomic mass is 10.0. The zero-order chi connectivity index (χ0) is 25.2. The van der Waals surface area contributed by atoms with Crippen molar-refractivity contribution in [3.63, 3.8) is 0 Å². The Kier molecular flexibility index (Phi) is 8.50. The zero-order valence-corrected chi connectivity index (χ0v) is 20.2. The number of aromatic nitrogens is 2. The number of hydrogen-bond acceptors (Lipinski definition) is 9. The van der Waals surface area contributed by atoms with E-state index >= 15 is 0 Å². The van der Waals surface area contributed by atoms with E-state index in [0.29, 0.717) is 35.7 Å². The monoisotopic (exact) mass is 523 g/mol. The summed E-state index contributed by atoms with van der Waals surface area (Å²) in [6.07, 6.45) is 2.55. The second kappa shape index (κ2) is 10.9. The van der Waals surface area contributed by atoms with Crippen LogP contribution in [0.5, 0.6) is 11.5 Å². The van der Waals surface area contributed by atoms with Crippen LogP contribution in [0, 0.1) is 6.92 Å². The fourth-order valence-electron chi connectivity index (χ4n) is 3.06. The predicted octanol–water partition coefficient (Wildman–Crippen LogP) is 1.82. The fraction of sp³-hybridized carbons (Fsp3) is 0.190. The van der Waals surface area contributed by atoms with Crippen molar-refractivity contribution >= 4 is 58.5 Å². The maximum absolute atomic E-state index is 12.0. The van der Waals surface area contributed by atoms with E-state index in [2.05, 4.69) is 15.0 Å². The molecule has 1 amide bonds. The third-order valence-electron chi connectivity index (χ3n) is 4.63. The minimum absolute atomic E-state index is 0. The standard InChI is InChI=1S/C15H14O4.C6H8ClN7O.ClH/c1-8-3-4-10-12(18-7-8)6-13-14(15(10)17)11(16)5-9(2)19-13;7-2-4(9)13-3(8)1(12-2)5(15)14-6(10)11;/h3,5-6,17H,4,7H2,1-2H3;(H4,8,9,13)(H4,10,11,14,15);1H. The first-order valence-electron chi connectivity index (χ1n) is 9.78. The highest BCUT2D eigenvalue weighted by molar-refractivity contribution is 6.31. The van der Waals surface area contributed by atoms with E-state index in [1.54, 1.807) is 13.0 Å². The van der Waals surface area contributed by atoms with Gasteiger partial charge in [-0.05, 0) is 25.8 Å². The molecule has 0 spiro atoms. The number of phenolic OH excluding ortho intramolecular Hbond substituents is 1. The van der Waals surface area contributed by atoms with Crippen molar-refractivity contribution in [2.75, 3.05) is 18.1 Å². The number of anilines is 2. The minimum atomic E-state index is -0.832. The van der Waals surface area contributed by atoms with Crippen LogP contribution in [0.15, 0.2) is 38.0 Å². The van der Waals surface area contributed by atoms with E-state index in [0.717, 1.165) is 5.57 Å². The molecule has 0 saturated carbocycles. The molecule has 0 atom stereocenters. The van der Waals surface area contributed by atoms with Crippen LogP contribution in [0.4, 0.5) is 11.6 Å². The van der Waals surface area contributed by atoms with Crippen LogP contribution in [0.2, 0.25) is 5.15 Å².